The van der Waals surface area contributed by atoms with Gasteiger partial charge in [-0.3, -0.25) is 0 Å². The van der Waals surface area contributed by atoms with Crippen LogP contribution in [0.5, 0.6) is 0 Å². The lowest BCUT2D eigenvalue weighted by molar-refractivity contribution is 0.126. The molecule has 1 unspecified atom stereocenters. The highest BCUT2D eigenvalue weighted by Crippen LogP contribution is 2.29. The molecule has 2 N–H and O–H groups in total. The fraction of sp³-hybridized carbons (Fsp3) is 1.00. The van der Waals surface area contributed by atoms with E-state index in [1.807, 2.05) is 0 Å². The normalized spacial score (nSPS) is 25.1. The quantitative estimate of drug-likeness (QED) is 0.731. The molecule has 1 aliphatic carbocycles. The molecule has 2 rings (SSSR count). The van der Waals surface area contributed by atoms with E-state index in [0.717, 1.165) is 12.3 Å². The van der Waals surface area contributed by atoms with Crippen molar-refractivity contribution in [2.45, 2.75) is 45.1 Å². The second-order valence-corrected chi connectivity index (χ2v) is 5.90. The van der Waals surface area contributed by atoms with Gasteiger partial charge in [-0.15, -0.1) is 0 Å². The molecule has 1 saturated carbocycles. The van der Waals surface area contributed by atoms with Crippen molar-refractivity contribution in [1.29, 1.82) is 0 Å². The van der Waals surface area contributed by atoms with E-state index in [9.17, 15) is 0 Å². The first-order valence-electron chi connectivity index (χ1n) is 7.48. The Labute approximate surface area is 106 Å². The Hall–Kier alpha value is -0.120. The van der Waals surface area contributed by atoms with Gasteiger partial charge >= 0.3 is 0 Å². The van der Waals surface area contributed by atoms with Crippen LogP contribution in [0.15, 0.2) is 0 Å². The third-order valence-electron chi connectivity index (χ3n) is 4.25. The molecule has 0 aromatic heterocycles. The van der Waals surface area contributed by atoms with Crippen molar-refractivity contribution in [3.63, 3.8) is 0 Å². The summed E-state index contributed by atoms with van der Waals surface area (Å²) in [6, 6.07) is 0.422. The summed E-state index contributed by atoms with van der Waals surface area (Å²) < 4.78 is 0. The molecule has 2 fully saturated rings. The smallest absolute Gasteiger partial charge is 0.0110 e. The van der Waals surface area contributed by atoms with Gasteiger partial charge in [-0.1, -0.05) is 6.92 Å². The van der Waals surface area contributed by atoms with Crippen molar-refractivity contribution in [3.8, 4) is 0 Å². The highest BCUT2D eigenvalue weighted by molar-refractivity contribution is 4.80. The summed E-state index contributed by atoms with van der Waals surface area (Å²) in [6.07, 6.45) is 6.55. The SMILES string of the molecule is CCC(N)CCCN1CCN(CC2CC2)CC1. The third-order valence-corrected chi connectivity index (χ3v) is 4.25. The summed E-state index contributed by atoms with van der Waals surface area (Å²) in [5.74, 6) is 1.05. The average Bonchev–Trinajstić information content (AvgIpc) is 3.15. The van der Waals surface area contributed by atoms with E-state index < -0.39 is 0 Å². The van der Waals surface area contributed by atoms with Gasteiger partial charge in [0.2, 0.25) is 0 Å². The maximum absolute atomic E-state index is 5.95. The van der Waals surface area contributed by atoms with Gasteiger partial charge in [-0.25, -0.2) is 0 Å². The number of hydrogen-bond donors (Lipinski definition) is 1. The van der Waals surface area contributed by atoms with Crippen molar-refractivity contribution >= 4 is 0 Å². The van der Waals surface area contributed by atoms with E-state index in [1.54, 1.807) is 0 Å². The fourth-order valence-corrected chi connectivity index (χ4v) is 2.64. The average molecular weight is 239 g/mol. The standard InChI is InChI=1S/C14H29N3/c1-2-14(15)4-3-7-16-8-10-17(11-9-16)12-13-5-6-13/h13-14H,2-12,15H2,1H3. The van der Waals surface area contributed by atoms with Crippen LogP contribution in [0, 0.1) is 5.92 Å². The second-order valence-electron chi connectivity index (χ2n) is 5.90. The Balaban J connectivity index is 1.52. The highest BCUT2D eigenvalue weighted by Gasteiger charge is 2.26. The van der Waals surface area contributed by atoms with Gasteiger partial charge in [0.05, 0.1) is 0 Å². The summed E-state index contributed by atoms with van der Waals surface area (Å²) in [7, 11) is 0. The van der Waals surface area contributed by atoms with Crippen LogP contribution in [0.2, 0.25) is 0 Å². The first-order valence-corrected chi connectivity index (χ1v) is 7.48. The van der Waals surface area contributed by atoms with E-state index in [4.69, 9.17) is 5.73 Å². The summed E-state index contributed by atoms with van der Waals surface area (Å²) in [5.41, 5.74) is 5.95. The monoisotopic (exact) mass is 239 g/mol. The largest absolute Gasteiger partial charge is 0.328 e. The van der Waals surface area contributed by atoms with E-state index in [2.05, 4.69) is 16.7 Å². The number of nitrogens with zero attached hydrogens (tertiary/aromatic N) is 2. The van der Waals surface area contributed by atoms with Crippen molar-refractivity contribution in [3.05, 3.63) is 0 Å². The van der Waals surface area contributed by atoms with Gasteiger partial charge in [-0.2, -0.15) is 0 Å². The molecule has 0 spiro atoms. The van der Waals surface area contributed by atoms with E-state index in [0.29, 0.717) is 6.04 Å². The molecule has 0 radical (unpaired) electrons. The number of hydrogen-bond acceptors (Lipinski definition) is 3. The van der Waals surface area contributed by atoms with Gasteiger partial charge < -0.3 is 15.5 Å². The number of nitrogens with two attached hydrogens (primary N) is 1. The third kappa shape index (κ3) is 4.94. The summed E-state index contributed by atoms with van der Waals surface area (Å²) >= 11 is 0. The molecule has 1 heterocycles. The molecule has 0 amide bonds. The predicted octanol–water partition coefficient (Wildman–Crippen LogP) is 1.53. The lowest BCUT2D eigenvalue weighted by atomic mass is 10.1. The molecular weight excluding hydrogens is 210 g/mol. The molecule has 1 saturated heterocycles. The molecule has 17 heavy (non-hydrogen) atoms. The molecule has 0 aromatic carbocycles. The van der Waals surface area contributed by atoms with E-state index >= 15 is 0 Å². The fourth-order valence-electron chi connectivity index (χ4n) is 2.64. The lowest BCUT2D eigenvalue weighted by Gasteiger charge is -2.34. The Morgan fingerprint density at radius 2 is 1.76 bits per heavy atom. The summed E-state index contributed by atoms with van der Waals surface area (Å²) in [6.45, 7) is 9.93. The minimum absolute atomic E-state index is 0.422. The van der Waals surface area contributed by atoms with Crippen LogP contribution in [-0.2, 0) is 0 Å². The van der Waals surface area contributed by atoms with Crippen molar-refractivity contribution in [2.75, 3.05) is 39.3 Å². The zero-order valence-electron chi connectivity index (χ0n) is 11.4. The molecular formula is C14H29N3. The molecule has 0 aromatic rings. The Kier molecular flexibility index (Phi) is 5.26. The lowest BCUT2D eigenvalue weighted by Crippen LogP contribution is -2.47. The molecule has 2 aliphatic rings. The van der Waals surface area contributed by atoms with Crippen molar-refractivity contribution in [2.24, 2.45) is 11.7 Å². The molecule has 0 bridgehead atoms. The number of rotatable bonds is 7. The van der Waals surface area contributed by atoms with E-state index in [-0.39, 0.29) is 0 Å². The first-order chi connectivity index (χ1) is 8.28. The van der Waals surface area contributed by atoms with Crippen LogP contribution in [0.3, 0.4) is 0 Å². The van der Waals surface area contributed by atoms with Crippen molar-refractivity contribution in [1.82, 2.24) is 9.80 Å². The van der Waals surface area contributed by atoms with Gasteiger partial charge in [-0.05, 0) is 44.6 Å². The Morgan fingerprint density at radius 3 is 2.35 bits per heavy atom. The van der Waals surface area contributed by atoms with E-state index in [1.165, 1.54) is 65.0 Å². The minimum atomic E-state index is 0.422. The highest BCUT2D eigenvalue weighted by atomic mass is 15.3. The predicted molar refractivity (Wildman–Crippen MR) is 73.1 cm³/mol. The maximum atomic E-state index is 5.95. The minimum Gasteiger partial charge on any atom is -0.328 e. The van der Waals surface area contributed by atoms with Crippen LogP contribution in [0.25, 0.3) is 0 Å². The molecule has 1 atom stereocenters. The maximum Gasteiger partial charge on any atom is 0.0110 e. The number of piperazine rings is 1. The second kappa shape index (κ2) is 6.72. The zero-order valence-corrected chi connectivity index (χ0v) is 11.4. The van der Waals surface area contributed by atoms with Gasteiger partial charge in [0.15, 0.2) is 0 Å². The first kappa shape index (κ1) is 13.3. The van der Waals surface area contributed by atoms with Crippen molar-refractivity contribution < 1.29 is 0 Å². The zero-order chi connectivity index (χ0) is 12.1. The topological polar surface area (TPSA) is 32.5 Å². The van der Waals surface area contributed by atoms with Gasteiger partial charge in [0.1, 0.15) is 0 Å². The van der Waals surface area contributed by atoms with Gasteiger partial charge in [0, 0.05) is 38.8 Å². The molecule has 3 heteroatoms. The van der Waals surface area contributed by atoms with Crippen LogP contribution < -0.4 is 5.73 Å². The van der Waals surface area contributed by atoms with Gasteiger partial charge in [0.25, 0.3) is 0 Å². The Bertz CT molecular complexity index is 208. The van der Waals surface area contributed by atoms with Crippen LogP contribution in [-0.4, -0.2) is 55.1 Å². The summed E-state index contributed by atoms with van der Waals surface area (Å²) in [4.78, 5) is 5.28. The summed E-state index contributed by atoms with van der Waals surface area (Å²) in [5, 5.41) is 0. The Morgan fingerprint density at radius 1 is 1.12 bits per heavy atom. The molecule has 3 nitrogen and oxygen atoms in total. The molecule has 1 aliphatic heterocycles. The van der Waals surface area contributed by atoms with Crippen LogP contribution >= 0.6 is 0 Å². The van der Waals surface area contributed by atoms with Crippen LogP contribution in [0.1, 0.15) is 39.0 Å². The van der Waals surface area contributed by atoms with Crippen LogP contribution in [0.4, 0.5) is 0 Å². The molecule has 100 valence electrons.